The first-order chi connectivity index (χ1) is 4.81. The van der Waals surface area contributed by atoms with Crippen LogP contribution in [0.3, 0.4) is 0 Å². The van der Waals surface area contributed by atoms with Gasteiger partial charge >= 0.3 is 0 Å². The summed E-state index contributed by atoms with van der Waals surface area (Å²) in [6.45, 7) is 4.49. The molecule has 0 aromatic heterocycles. The molecule has 0 spiro atoms. The van der Waals surface area contributed by atoms with E-state index in [0.717, 1.165) is 32.5 Å². The van der Waals surface area contributed by atoms with Crippen LogP contribution in [0.1, 0.15) is 19.8 Å². The molecule has 2 N–H and O–H groups in total. The van der Waals surface area contributed by atoms with Gasteiger partial charge in [0.1, 0.15) is 0 Å². The van der Waals surface area contributed by atoms with Crippen LogP contribution in [0.25, 0.3) is 0 Å². The lowest BCUT2D eigenvalue weighted by atomic mass is 10.3. The molecule has 0 radical (unpaired) electrons. The molecular weight excluding hydrogens is 128 g/mol. The van der Waals surface area contributed by atoms with Crippen molar-refractivity contribution in [3.63, 3.8) is 0 Å². The Balaban J connectivity index is 2.97. The lowest BCUT2D eigenvalue weighted by molar-refractivity contribution is -0.134. The van der Waals surface area contributed by atoms with Crippen LogP contribution in [0.4, 0.5) is 0 Å². The summed E-state index contributed by atoms with van der Waals surface area (Å²) in [7, 11) is 1.94. The van der Waals surface area contributed by atoms with Gasteiger partial charge in [0.15, 0.2) is 0 Å². The number of hydrogen-bond donors (Lipinski definition) is 1. The average molecular weight is 146 g/mol. The molecule has 0 bridgehead atoms. The molecule has 0 amide bonds. The van der Waals surface area contributed by atoms with E-state index in [9.17, 15) is 0 Å². The topological polar surface area (TPSA) is 38.5 Å². The lowest BCUT2D eigenvalue weighted by Gasteiger charge is -2.14. The number of hydrogen-bond acceptors (Lipinski definition) is 3. The maximum absolute atomic E-state index is 5.33. The van der Waals surface area contributed by atoms with Crippen LogP contribution in [0.15, 0.2) is 0 Å². The van der Waals surface area contributed by atoms with Crippen LogP contribution in [0.2, 0.25) is 0 Å². The van der Waals surface area contributed by atoms with Crippen LogP contribution in [-0.4, -0.2) is 31.8 Å². The molecule has 0 fully saturated rings. The van der Waals surface area contributed by atoms with E-state index in [1.807, 2.05) is 19.0 Å². The number of hydroxylamine groups is 2. The highest BCUT2D eigenvalue weighted by Crippen LogP contribution is 1.91. The molecule has 0 aromatic carbocycles. The molecule has 0 aromatic rings. The van der Waals surface area contributed by atoms with Crippen molar-refractivity contribution in [1.29, 1.82) is 0 Å². The Labute approximate surface area is 63.1 Å². The molecule has 0 heterocycles. The first-order valence-corrected chi connectivity index (χ1v) is 3.85. The highest BCUT2D eigenvalue weighted by Gasteiger charge is 1.94. The first-order valence-electron chi connectivity index (χ1n) is 3.85. The second-order valence-corrected chi connectivity index (χ2v) is 2.27. The molecule has 0 aliphatic heterocycles. The predicted octanol–water partition coefficient (Wildman–Crippen LogP) is 0.609. The van der Waals surface area contributed by atoms with E-state index in [4.69, 9.17) is 10.6 Å². The van der Waals surface area contributed by atoms with Crippen molar-refractivity contribution in [1.82, 2.24) is 5.06 Å². The maximum atomic E-state index is 5.33. The van der Waals surface area contributed by atoms with E-state index in [-0.39, 0.29) is 0 Å². The molecule has 0 aliphatic carbocycles. The third-order valence-corrected chi connectivity index (χ3v) is 1.28. The van der Waals surface area contributed by atoms with E-state index in [1.54, 1.807) is 0 Å². The van der Waals surface area contributed by atoms with Crippen LogP contribution in [-0.2, 0) is 4.84 Å². The SMILES string of the molecule is CCON(C)CCCCN. The zero-order chi connectivity index (χ0) is 7.82. The van der Waals surface area contributed by atoms with E-state index >= 15 is 0 Å². The normalized spacial score (nSPS) is 10.8. The monoisotopic (exact) mass is 146 g/mol. The van der Waals surface area contributed by atoms with Crippen LogP contribution in [0.5, 0.6) is 0 Å². The van der Waals surface area contributed by atoms with Gasteiger partial charge in [0, 0.05) is 13.6 Å². The fourth-order valence-electron chi connectivity index (χ4n) is 0.764. The van der Waals surface area contributed by atoms with Crippen LogP contribution in [0, 0.1) is 0 Å². The van der Waals surface area contributed by atoms with Gasteiger partial charge in [-0.1, -0.05) is 0 Å². The minimum Gasteiger partial charge on any atom is -0.330 e. The average Bonchev–Trinajstić information content (AvgIpc) is 1.89. The minimum atomic E-state index is 0.749. The number of nitrogens with zero attached hydrogens (tertiary/aromatic N) is 1. The van der Waals surface area contributed by atoms with Gasteiger partial charge in [-0.15, -0.1) is 0 Å². The Kier molecular flexibility index (Phi) is 6.91. The summed E-state index contributed by atoms with van der Waals surface area (Å²) in [6.07, 6.45) is 2.20. The minimum absolute atomic E-state index is 0.749. The Bertz CT molecular complexity index is 68.6. The van der Waals surface area contributed by atoms with E-state index in [2.05, 4.69) is 0 Å². The molecule has 62 valence electrons. The lowest BCUT2D eigenvalue weighted by Crippen LogP contribution is -2.20. The molecule has 0 rings (SSSR count). The summed E-state index contributed by atoms with van der Waals surface area (Å²) in [6, 6.07) is 0. The van der Waals surface area contributed by atoms with Gasteiger partial charge in [-0.2, -0.15) is 5.06 Å². The molecule has 0 saturated heterocycles. The molecule has 0 atom stereocenters. The summed E-state index contributed by atoms with van der Waals surface area (Å²) >= 11 is 0. The van der Waals surface area contributed by atoms with E-state index in [1.165, 1.54) is 0 Å². The van der Waals surface area contributed by atoms with Crippen molar-refractivity contribution in [3.8, 4) is 0 Å². The highest BCUT2D eigenvalue weighted by atomic mass is 16.7. The zero-order valence-corrected chi connectivity index (χ0v) is 6.97. The van der Waals surface area contributed by atoms with Crippen LogP contribution >= 0.6 is 0 Å². The second kappa shape index (κ2) is 6.99. The van der Waals surface area contributed by atoms with Gasteiger partial charge < -0.3 is 5.73 Å². The molecule has 0 saturated carbocycles. The summed E-state index contributed by atoms with van der Waals surface area (Å²) in [5.41, 5.74) is 5.33. The molecule has 0 aliphatic rings. The summed E-state index contributed by atoms with van der Waals surface area (Å²) in [4.78, 5) is 5.18. The summed E-state index contributed by atoms with van der Waals surface area (Å²) < 4.78 is 0. The standard InChI is InChI=1S/C7H18N2O/c1-3-10-9(2)7-5-4-6-8/h3-8H2,1-2H3. The van der Waals surface area contributed by atoms with Gasteiger partial charge in [-0.3, -0.25) is 4.84 Å². The number of unbranched alkanes of at least 4 members (excludes halogenated alkanes) is 1. The smallest absolute Gasteiger partial charge is 0.0656 e. The Morgan fingerprint density at radius 1 is 1.40 bits per heavy atom. The predicted molar refractivity (Wildman–Crippen MR) is 42.5 cm³/mol. The molecule has 3 heteroatoms. The highest BCUT2D eigenvalue weighted by molar-refractivity contribution is 4.42. The summed E-state index contributed by atoms with van der Waals surface area (Å²) in [5.74, 6) is 0. The Hall–Kier alpha value is -0.120. The van der Waals surface area contributed by atoms with Gasteiger partial charge in [-0.25, -0.2) is 0 Å². The first kappa shape index (κ1) is 9.88. The third-order valence-electron chi connectivity index (χ3n) is 1.28. The van der Waals surface area contributed by atoms with Crippen molar-refractivity contribution in [2.75, 3.05) is 26.7 Å². The number of rotatable bonds is 6. The quantitative estimate of drug-likeness (QED) is 0.441. The summed E-state index contributed by atoms with van der Waals surface area (Å²) in [5, 5.41) is 1.86. The largest absolute Gasteiger partial charge is 0.330 e. The zero-order valence-electron chi connectivity index (χ0n) is 6.97. The fraction of sp³-hybridized carbons (Fsp3) is 1.00. The molecule has 10 heavy (non-hydrogen) atoms. The van der Waals surface area contributed by atoms with Crippen molar-refractivity contribution >= 4 is 0 Å². The molecular formula is C7H18N2O. The van der Waals surface area contributed by atoms with Gasteiger partial charge in [0.05, 0.1) is 6.61 Å². The second-order valence-electron chi connectivity index (χ2n) is 2.27. The van der Waals surface area contributed by atoms with E-state index < -0.39 is 0 Å². The molecule has 3 nitrogen and oxygen atoms in total. The van der Waals surface area contributed by atoms with Crippen molar-refractivity contribution < 1.29 is 4.84 Å². The van der Waals surface area contributed by atoms with Gasteiger partial charge in [0.2, 0.25) is 0 Å². The third kappa shape index (κ3) is 6.01. The fourth-order valence-corrected chi connectivity index (χ4v) is 0.764. The van der Waals surface area contributed by atoms with Crippen molar-refractivity contribution in [2.45, 2.75) is 19.8 Å². The van der Waals surface area contributed by atoms with Crippen molar-refractivity contribution in [2.24, 2.45) is 5.73 Å². The number of nitrogens with two attached hydrogens (primary N) is 1. The van der Waals surface area contributed by atoms with Gasteiger partial charge in [0.25, 0.3) is 0 Å². The Morgan fingerprint density at radius 2 is 2.10 bits per heavy atom. The van der Waals surface area contributed by atoms with Crippen molar-refractivity contribution in [3.05, 3.63) is 0 Å². The molecule has 0 unspecified atom stereocenters. The van der Waals surface area contributed by atoms with E-state index in [0.29, 0.717) is 0 Å². The maximum Gasteiger partial charge on any atom is 0.0656 e. The van der Waals surface area contributed by atoms with Gasteiger partial charge in [-0.05, 0) is 26.3 Å². The van der Waals surface area contributed by atoms with Crippen LogP contribution < -0.4 is 5.73 Å². The Morgan fingerprint density at radius 3 is 2.60 bits per heavy atom.